The normalized spacial score (nSPS) is 12.5. The van der Waals surface area contributed by atoms with Crippen molar-refractivity contribution in [2.75, 3.05) is 0 Å². The molecule has 15 rings (SSSR count). The second-order valence-corrected chi connectivity index (χ2v) is 28.2. The smallest absolute Gasteiger partial charge is 0.179 e. The van der Waals surface area contributed by atoms with Gasteiger partial charge in [-0.2, -0.15) is 0 Å². The van der Waals surface area contributed by atoms with Crippen molar-refractivity contribution in [3.63, 3.8) is 0 Å². The lowest BCUT2D eigenvalue weighted by atomic mass is 9.85. The average molecular weight is 1080 g/mol. The molecule has 4 heterocycles. The lowest BCUT2D eigenvalue weighted by molar-refractivity contribution is 0.590. The molecule has 0 atom stereocenters. The molecule has 0 aliphatic heterocycles. The molecule has 4 aromatic heterocycles. The molecule has 0 aliphatic rings. The average Bonchev–Trinajstić information content (AvgIpc) is 2.59. The molecule has 6 heteroatoms. The second-order valence-electron chi connectivity index (χ2n) is 24.4. The summed E-state index contributed by atoms with van der Waals surface area (Å²) in [5, 5.41) is 16.2. The van der Waals surface area contributed by atoms with E-state index in [1.807, 2.05) is 0 Å². The first kappa shape index (κ1) is 50.2. The van der Waals surface area contributed by atoms with Gasteiger partial charge in [0.2, 0.25) is 0 Å². The van der Waals surface area contributed by atoms with Crippen molar-refractivity contribution in [1.29, 1.82) is 0 Å². The maximum Gasteiger partial charge on any atom is 0.179 e. The monoisotopic (exact) mass is 1080 g/mol. The molecule has 0 N–H and O–H groups in total. The summed E-state index contributed by atoms with van der Waals surface area (Å²) in [4.78, 5) is 16.5. The van der Waals surface area contributed by atoms with E-state index in [1.165, 1.54) is 59.1 Å². The fourth-order valence-electron chi connectivity index (χ4n) is 13.3. The third-order valence-electron chi connectivity index (χ3n) is 17.4. The summed E-state index contributed by atoms with van der Waals surface area (Å²) in [5.41, 5.74) is 11.7. The van der Waals surface area contributed by atoms with Gasteiger partial charge in [0.25, 0.3) is 0 Å². The largest absolute Gasteiger partial charge is 0.309 e. The van der Waals surface area contributed by atoms with E-state index in [4.69, 9.17) is 15.0 Å². The van der Waals surface area contributed by atoms with Crippen LogP contribution in [0.15, 0.2) is 261 Å². The van der Waals surface area contributed by atoms with Crippen molar-refractivity contribution in [3.8, 4) is 22.8 Å². The first-order valence-electron chi connectivity index (χ1n) is 28.9. The summed E-state index contributed by atoms with van der Waals surface area (Å²) in [6.45, 7) is 13.8. The van der Waals surface area contributed by atoms with E-state index < -0.39 is 8.07 Å². The minimum atomic E-state index is -2.88. The van der Waals surface area contributed by atoms with E-state index in [-0.39, 0.29) is 10.8 Å². The number of rotatable bonds is 7. The molecule has 0 unspecified atom stereocenters. The summed E-state index contributed by atoms with van der Waals surface area (Å²) >= 11 is 0. The highest BCUT2D eigenvalue weighted by molar-refractivity contribution is 7.19. The molecule has 5 nitrogen and oxygen atoms in total. The van der Waals surface area contributed by atoms with E-state index in [2.05, 4.69) is 312 Å². The van der Waals surface area contributed by atoms with Crippen LogP contribution in [0.4, 0.5) is 0 Å². The Labute approximate surface area is 484 Å². The van der Waals surface area contributed by atoms with Crippen molar-refractivity contribution in [1.82, 2.24) is 24.1 Å². The Balaban J connectivity index is 1.03. The highest BCUT2D eigenvalue weighted by Crippen LogP contribution is 2.43. The van der Waals surface area contributed by atoms with Crippen molar-refractivity contribution >= 4 is 116 Å². The molecule has 0 fully saturated rings. The van der Waals surface area contributed by atoms with Crippen LogP contribution in [0.5, 0.6) is 0 Å². The quantitative estimate of drug-likeness (QED) is 0.118. The standard InChI is InChI=1S/C77H61N5Si/c1-76(2,3)52-38-41-69-64(47-52)65-48-53(77(4,5)6)39-42-70(65)81(69)55-40-43-71-66(49-55)68-46-51-45-67(72(68)82(71)54-25-11-7-12-26-54)61-35-20-22-37-63(61)75-79-73(78-74(80-75)62-36-21-19-34-60(51)62)50-24-23-33-59(44-50)83(56-27-13-8-14-28-56,57-29-15-9-16-30-57)58-31-17-10-18-32-58/h7-49H,1-6H3. The first-order valence-corrected chi connectivity index (χ1v) is 30.9. The Morgan fingerprint density at radius 1 is 0.301 bits per heavy atom. The fourth-order valence-corrected chi connectivity index (χ4v) is 18.1. The van der Waals surface area contributed by atoms with Crippen LogP contribution in [0.3, 0.4) is 0 Å². The third kappa shape index (κ3) is 8.14. The van der Waals surface area contributed by atoms with Crippen LogP contribution in [0, 0.1) is 0 Å². The first-order chi connectivity index (χ1) is 40.4. The van der Waals surface area contributed by atoms with Crippen LogP contribution in [-0.2, 0) is 10.8 Å². The molecule has 15 aromatic rings. The van der Waals surface area contributed by atoms with Gasteiger partial charge in [0.1, 0.15) is 0 Å². The summed E-state index contributed by atoms with van der Waals surface area (Å²) in [6.07, 6.45) is 0. The van der Waals surface area contributed by atoms with Gasteiger partial charge in [-0.3, -0.25) is 0 Å². The van der Waals surface area contributed by atoms with Gasteiger partial charge < -0.3 is 9.13 Å². The van der Waals surface area contributed by atoms with Crippen LogP contribution >= 0.6 is 0 Å². The molecule has 4 bridgehead atoms. The van der Waals surface area contributed by atoms with Crippen molar-refractivity contribution in [2.24, 2.45) is 0 Å². The SMILES string of the molecule is CC(C)(C)c1ccc2c(c1)c1cc(C(C)(C)C)ccc1n2-c1ccc2c(c1)c1cc3cc(c4ccccc4c4nc(-c5cccc([Si](c6ccccc6)(c6ccccc6)c6ccccc6)c5)nc(n4)c4ccccc34)c1n2-c1ccccc1. The Hall–Kier alpha value is -9.75. The van der Waals surface area contributed by atoms with E-state index in [9.17, 15) is 0 Å². The van der Waals surface area contributed by atoms with E-state index in [0.29, 0.717) is 17.1 Å². The van der Waals surface area contributed by atoms with Crippen LogP contribution in [0.1, 0.15) is 52.7 Å². The summed E-state index contributed by atoms with van der Waals surface area (Å²) in [7, 11) is -2.88. The minimum Gasteiger partial charge on any atom is -0.309 e. The Kier molecular flexibility index (Phi) is 11.6. The third-order valence-corrected chi connectivity index (χ3v) is 22.1. The fraction of sp³-hybridized carbons (Fsp3) is 0.104. The zero-order valence-electron chi connectivity index (χ0n) is 47.6. The van der Waals surface area contributed by atoms with Gasteiger partial charge in [0.05, 0.1) is 22.1 Å². The molecule has 0 spiro atoms. The van der Waals surface area contributed by atoms with Gasteiger partial charge in [-0.1, -0.05) is 236 Å². The Bertz CT molecular complexity index is 4920. The van der Waals surface area contributed by atoms with Gasteiger partial charge in [-0.05, 0) is 126 Å². The lowest BCUT2D eigenvalue weighted by Gasteiger charge is -2.34. The number of fused-ring (bicyclic) bond motifs is 17. The Morgan fingerprint density at radius 2 is 0.735 bits per heavy atom. The number of aromatic nitrogens is 5. The summed E-state index contributed by atoms with van der Waals surface area (Å²) in [5.74, 6) is 0.628. The highest BCUT2D eigenvalue weighted by atomic mass is 28.3. The maximum absolute atomic E-state index is 5.56. The lowest BCUT2D eigenvalue weighted by Crippen LogP contribution is -2.74. The molecule has 0 aliphatic carbocycles. The molecule has 398 valence electrons. The van der Waals surface area contributed by atoms with E-state index in [1.54, 1.807) is 0 Å². The molecule has 0 saturated heterocycles. The van der Waals surface area contributed by atoms with Gasteiger partial charge in [-0.25, -0.2) is 15.0 Å². The number of nitrogens with zero attached hydrogens (tertiary/aromatic N) is 5. The van der Waals surface area contributed by atoms with Crippen LogP contribution in [-0.4, -0.2) is 32.2 Å². The summed E-state index contributed by atoms with van der Waals surface area (Å²) in [6, 6.07) is 96.5. The van der Waals surface area contributed by atoms with Crippen molar-refractivity contribution < 1.29 is 0 Å². The molecular formula is C77H61N5Si. The highest BCUT2D eigenvalue weighted by Gasteiger charge is 2.41. The van der Waals surface area contributed by atoms with Gasteiger partial charge >= 0.3 is 0 Å². The van der Waals surface area contributed by atoms with Gasteiger partial charge in [0.15, 0.2) is 25.2 Å². The molecule has 0 amide bonds. The van der Waals surface area contributed by atoms with E-state index in [0.717, 1.165) is 65.7 Å². The van der Waals surface area contributed by atoms with Gasteiger partial charge in [-0.15, -0.1) is 0 Å². The number of para-hydroxylation sites is 1. The topological polar surface area (TPSA) is 48.5 Å². The van der Waals surface area contributed by atoms with Crippen molar-refractivity contribution in [2.45, 2.75) is 52.4 Å². The zero-order valence-corrected chi connectivity index (χ0v) is 48.6. The molecule has 0 saturated carbocycles. The van der Waals surface area contributed by atoms with Crippen LogP contribution in [0.25, 0.3) is 110 Å². The Morgan fingerprint density at radius 3 is 1.28 bits per heavy atom. The van der Waals surface area contributed by atoms with Crippen molar-refractivity contribution in [3.05, 3.63) is 272 Å². The predicted molar refractivity (Wildman–Crippen MR) is 354 cm³/mol. The molecule has 0 radical (unpaired) electrons. The number of hydrogen-bond acceptors (Lipinski definition) is 3. The van der Waals surface area contributed by atoms with E-state index >= 15 is 0 Å². The zero-order chi connectivity index (χ0) is 56.2. The summed E-state index contributed by atoms with van der Waals surface area (Å²) < 4.78 is 4.95. The van der Waals surface area contributed by atoms with Crippen LogP contribution in [0.2, 0.25) is 0 Å². The number of hydrogen-bond donors (Lipinski definition) is 0. The number of benzene rings is 11. The second kappa shape index (κ2) is 19.2. The maximum atomic E-state index is 5.56. The molecule has 83 heavy (non-hydrogen) atoms. The van der Waals surface area contributed by atoms with Gasteiger partial charge in [0, 0.05) is 54.6 Å². The van der Waals surface area contributed by atoms with Crippen LogP contribution < -0.4 is 20.7 Å². The predicted octanol–water partition coefficient (Wildman–Crippen LogP) is 16.9. The molecule has 11 aromatic carbocycles. The molecular weight excluding hydrogens is 1020 g/mol. The minimum absolute atomic E-state index is 0.00261.